The highest BCUT2D eigenvalue weighted by Crippen LogP contribution is 2.16. The van der Waals surface area contributed by atoms with Crippen molar-refractivity contribution in [2.75, 3.05) is 6.54 Å². The molecule has 1 aromatic carbocycles. The van der Waals surface area contributed by atoms with E-state index in [0.29, 0.717) is 18.7 Å². The first-order valence-corrected chi connectivity index (χ1v) is 7.85. The van der Waals surface area contributed by atoms with Gasteiger partial charge in [0.15, 0.2) is 0 Å². The van der Waals surface area contributed by atoms with Gasteiger partial charge in [0.25, 0.3) is 5.91 Å². The van der Waals surface area contributed by atoms with Crippen molar-refractivity contribution in [1.82, 2.24) is 19.9 Å². The molecule has 0 aliphatic rings. The van der Waals surface area contributed by atoms with Crippen molar-refractivity contribution >= 4 is 16.9 Å². The number of imidazole rings is 1. The van der Waals surface area contributed by atoms with Gasteiger partial charge in [0.2, 0.25) is 0 Å². The molecule has 2 aromatic heterocycles. The number of amides is 1. The molecular weight excluding hydrogens is 300 g/mol. The standard InChI is InChI=1S/C19H18N4O/c1-2-14-23-17-7-4-3-6-16(17)22-18(23)8-5-11-21-19(24)15-9-12-20-13-10-15/h1,3-4,6-7,9-10,12-13H,5,8,11,14H2,(H,21,24). The fraction of sp³-hybridized carbons (Fsp3) is 0.211. The summed E-state index contributed by atoms with van der Waals surface area (Å²) in [5.41, 5.74) is 2.61. The van der Waals surface area contributed by atoms with E-state index in [1.165, 1.54) is 0 Å². The third-order valence-corrected chi connectivity index (χ3v) is 3.79. The molecule has 1 N–H and O–H groups in total. The fourth-order valence-corrected chi connectivity index (χ4v) is 2.64. The molecule has 120 valence electrons. The molecule has 5 heteroatoms. The van der Waals surface area contributed by atoms with Gasteiger partial charge >= 0.3 is 0 Å². The number of hydrogen-bond acceptors (Lipinski definition) is 3. The number of aromatic nitrogens is 3. The van der Waals surface area contributed by atoms with Crippen LogP contribution in [-0.2, 0) is 13.0 Å². The second kappa shape index (κ2) is 7.42. The summed E-state index contributed by atoms with van der Waals surface area (Å²) in [7, 11) is 0. The van der Waals surface area contributed by atoms with Crippen LogP contribution >= 0.6 is 0 Å². The van der Waals surface area contributed by atoms with Crippen LogP contribution in [0.4, 0.5) is 0 Å². The van der Waals surface area contributed by atoms with Crippen molar-refractivity contribution in [3.63, 3.8) is 0 Å². The van der Waals surface area contributed by atoms with E-state index in [-0.39, 0.29) is 5.91 Å². The van der Waals surface area contributed by atoms with E-state index in [4.69, 9.17) is 6.42 Å². The Hall–Kier alpha value is -3.13. The van der Waals surface area contributed by atoms with E-state index in [2.05, 4.69) is 25.8 Å². The number of carbonyl (C=O) groups is 1. The molecule has 0 saturated carbocycles. The van der Waals surface area contributed by atoms with Crippen LogP contribution in [0.1, 0.15) is 22.6 Å². The molecule has 0 unspecified atom stereocenters. The third kappa shape index (κ3) is 3.44. The highest BCUT2D eigenvalue weighted by molar-refractivity contribution is 5.93. The minimum atomic E-state index is -0.0884. The number of aryl methyl sites for hydroxylation is 1. The van der Waals surface area contributed by atoms with Crippen LogP contribution in [0.25, 0.3) is 11.0 Å². The minimum absolute atomic E-state index is 0.0884. The van der Waals surface area contributed by atoms with E-state index in [9.17, 15) is 4.79 Å². The summed E-state index contributed by atoms with van der Waals surface area (Å²) in [6.45, 7) is 1.08. The highest BCUT2D eigenvalue weighted by Gasteiger charge is 2.09. The lowest BCUT2D eigenvalue weighted by molar-refractivity contribution is 0.0953. The second-order valence-corrected chi connectivity index (χ2v) is 5.40. The van der Waals surface area contributed by atoms with Crippen LogP contribution in [0.2, 0.25) is 0 Å². The van der Waals surface area contributed by atoms with E-state index in [1.807, 2.05) is 24.3 Å². The molecule has 0 aliphatic carbocycles. The van der Waals surface area contributed by atoms with Crippen molar-refractivity contribution in [3.05, 3.63) is 60.2 Å². The van der Waals surface area contributed by atoms with Crippen molar-refractivity contribution in [3.8, 4) is 12.3 Å². The van der Waals surface area contributed by atoms with Gasteiger partial charge in [0.1, 0.15) is 5.82 Å². The zero-order valence-electron chi connectivity index (χ0n) is 13.3. The van der Waals surface area contributed by atoms with Gasteiger partial charge in [0, 0.05) is 30.9 Å². The summed E-state index contributed by atoms with van der Waals surface area (Å²) in [6, 6.07) is 11.3. The lowest BCUT2D eigenvalue weighted by Crippen LogP contribution is -2.25. The summed E-state index contributed by atoms with van der Waals surface area (Å²) >= 11 is 0. The van der Waals surface area contributed by atoms with Crippen molar-refractivity contribution in [2.24, 2.45) is 0 Å². The number of fused-ring (bicyclic) bond motifs is 1. The van der Waals surface area contributed by atoms with E-state index in [0.717, 1.165) is 29.7 Å². The van der Waals surface area contributed by atoms with Crippen LogP contribution < -0.4 is 5.32 Å². The predicted molar refractivity (Wildman–Crippen MR) is 93.5 cm³/mol. The van der Waals surface area contributed by atoms with Gasteiger partial charge in [-0.25, -0.2) is 4.98 Å². The Labute approximate surface area is 140 Å². The van der Waals surface area contributed by atoms with Crippen LogP contribution in [0.15, 0.2) is 48.8 Å². The number of nitrogens with zero attached hydrogens (tertiary/aromatic N) is 3. The maximum Gasteiger partial charge on any atom is 0.251 e. The van der Waals surface area contributed by atoms with Gasteiger partial charge in [-0.1, -0.05) is 18.1 Å². The Kier molecular flexibility index (Phi) is 4.87. The first-order valence-electron chi connectivity index (χ1n) is 7.85. The average Bonchev–Trinajstić information content (AvgIpc) is 2.97. The fourth-order valence-electron chi connectivity index (χ4n) is 2.64. The summed E-state index contributed by atoms with van der Waals surface area (Å²) in [5.74, 6) is 3.54. The zero-order valence-corrected chi connectivity index (χ0v) is 13.3. The quantitative estimate of drug-likeness (QED) is 0.561. The maximum absolute atomic E-state index is 12.0. The number of benzene rings is 1. The lowest BCUT2D eigenvalue weighted by atomic mass is 10.2. The van der Waals surface area contributed by atoms with Crippen LogP contribution in [-0.4, -0.2) is 27.0 Å². The highest BCUT2D eigenvalue weighted by atomic mass is 16.1. The normalized spacial score (nSPS) is 10.5. The van der Waals surface area contributed by atoms with Gasteiger partial charge < -0.3 is 9.88 Å². The molecule has 0 spiro atoms. The molecule has 0 saturated heterocycles. The number of rotatable bonds is 6. The Bertz CT molecular complexity index is 877. The van der Waals surface area contributed by atoms with Crippen molar-refractivity contribution < 1.29 is 4.79 Å². The number of pyridine rings is 1. The SMILES string of the molecule is C#CCn1c(CCCNC(=O)c2ccncc2)nc2ccccc21. The van der Waals surface area contributed by atoms with E-state index < -0.39 is 0 Å². The molecule has 0 aliphatic heterocycles. The Morgan fingerprint density at radius 3 is 2.79 bits per heavy atom. The van der Waals surface area contributed by atoms with Crippen molar-refractivity contribution in [2.45, 2.75) is 19.4 Å². The monoisotopic (exact) mass is 318 g/mol. The van der Waals surface area contributed by atoms with Gasteiger partial charge in [0.05, 0.1) is 17.6 Å². The molecule has 0 atom stereocenters. The molecular formula is C19H18N4O. The van der Waals surface area contributed by atoms with Crippen molar-refractivity contribution in [1.29, 1.82) is 0 Å². The summed E-state index contributed by atoms with van der Waals surface area (Å²) in [5, 5.41) is 2.91. The van der Waals surface area contributed by atoms with E-state index >= 15 is 0 Å². The second-order valence-electron chi connectivity index (χ2n) is 5.40. The summed E-state index contributed by atoms with van der Waals surface area (Å²) < 4.78 is 2.06. The molecule has 3 aromatic rings. The van der Waals surface area contributed by atoms with Gasteiger partial charge in [-0.15, -0.1) is 6.42 Å². The van der Waals surface area contributed by atoms with E-state index in [1.54, 1.807) is 24.5 Å². The van der Waals surface area contributed by atoms with Gasteiger partial charge in [-0.05, 0) is 30.7 Å². The molecule has 0 fully saturated rings. The molecule has 24 heavy (non-hydrogen) atoms. The smallest absolute Gasteiger partial charge is 0.251 e. The van der Waals surface area contributed by atoms with Crippen LogP contribution in [0.3, 0.4) is 0 Å². The number of para-hydroxylation sites is 2. The maximum atomic E-state index is 12.0. The molecule has 5 nitrogen and oxygen atoms in total. The number of terminal acetylenes is 1. The Morgan fingerprint density at radius 1 is 1.21 bits per heavy atom. The first-order chi connectivity index (χ1) is 11.8. The predicted octanol–water partition coefficient (Wildman–Crippen LogP) is 2.43. The molecule has 0 radical (unpaired) electrons. The Balaban J connectivity index is 1.61. The Morgan fingerprint density at radius 2 is 2.00 bits per heavy atom. The number of hydrogen-bond donors (Lipinski definition) is 1. The third-order valence-electron chi connectivity index (χ3n) is 3.79. The number of nitrogens with one attached hydrogen (secondary N) is 1. The lowest BCUT2D eigenvalue weighted by Gasteiger charge is -2.07. The molecule has 1 amide bonds. The average molecular weight is 318 g/mol. The zero-order chi connectivity index (χ0) is 16.8. The largest absolute Gasteiger partial charge is 0.352 e. The summed E-state index contributed by atoms with van der Waals surface area (Å²) in [4.78, 5) is 20.5. The van der Waals surface area contributed by atoms with Crippen LogP contribution in [0.5, 0.6) is 0 Å². The minimum Gasteiger partial charge on any atom is -0.352 e. The van der Waals surface area contributed by atoms with Gasteiger partial charge in [-0.2, -0.15) is 0 Å². The molecule has 0 bridgehead atoms. The number of carbonyl (C=O) groups excluding carboxylic acids is 1. The molecule has 2 heterocycles. The summed E-state index contributed by atoms with van der Waals surface area (Å²) in [6.07, 6.45) is 10.2. The van der Waals surface area contributed by atoms with Gasteiger partial charge in [-0.3, -0.25) is 9.78 Å². The van der Waals surface area contributed by atoms with Crippen LogP contribution in [0, 0.1) is 12.3 Å². The molecule has 3 rings (SSSR count). The first kappa shape index (κ1) is 15.8. The topological polar surface area (TPSA) is 59.8 Å².